The molecule has 0 bridgehead atoms. The number of methoxy groups -OCH3 is 1. The van der Waals surface area contributed by atoms with Gasteiger partial charge in [-0.2, -0.15) is 0 Å². The van der Waals surface area contributed by atoms with Crippen LogP contribution in [0.5, 0.6) is 5.75 Å². The van der Waals surface area contributed by atoms with Gasteiger partial charge in [0.25, 0.3) is 5.91 Å². The van der Waals surface area contributed by atoms with Gasteiger partial charge in [-0.05, 0) is 33.6 Å². The van der Waals surface area contributed by atoms with Gasteiger partial charge >= 0.3 is 0 Å². The average molecular weight is 352 g/mol. The molecule has 0 aliphatic heterocycles. The molecule has 1 unspecified atom stereocenters. The highest BCUT2D eigenvalue weighted by Crippen LogP contribution is 2.32. The summed E-state index contributed by atoms with van der Waals surface area (Å²) in [5.74, 6) is -0.0295. The van der Waals surface area contributed by atoms with E-state index in [-0.39, 0.29) is 0 Å². The highest BCUT2D eigenvalue weighted by atomic mass is 79.9. The molecule has 2 rings (SSSR count). The number of halogens is 2. The van der Waals surface area contributed by atoms with Crippen molar-refractivity contribution >= 4 is 27.5 Å². The van der Waals surface area contributed by atoms with E-state index in [9.17, 15) is 9.18 Å². The molecule has 0 saturated carbocycles. The second kappa shape index (κ2) is 6.72. The largest absolute Gasteiger partial charge is 0.497 e. The molecule has 1 amide bonds. The zero-order chi connectivity index (χ0) is 15.4. The van der Waals surface area contributed by atoms with Crippen LogP contribution in [-0.2, 0) is 4.79 Å². The van der Waals surface area contributed by atoms with Gasteiger partial charge < -0.3 is 9.64 Å². The maximum absolute atomic E-state index is 14.3. The van der Waals surface area contributed by atoms with Crippen LogP contribution < -0.4 is 9.64 Å². The minimum Gasteiger partial charge on any atom is -0.497 e. The molecule has 0 aliphatic rings. The van der Waals surface area contributed by atoms with E-state index in [4.69, 9.17) is 4.74 Å². The molecule has 3 nitrogen and oxygen atoms in total. The number of carbonyl (C=O) groups is 1. The lowest BCUT2D eigenvalue weighted by atomic mass is 10.1. The van der Waals surface area contributed by atoms with Crippen molar-refractivity contribution in [2.75, 3.05) is 19.1 Å². The predicted octanol–water partition coefficient (Wildman–Crippen LogP) is 4.13. The van der Waals surface area contributed by atoms with Gasteiger partial charge in [0.05, 0.1) is 12.8 Å². The summed E-state index contributed by atoms with van der Waals surface area (Å²) in [6.07, 6.45) is -1.70. The Morgan fingerprint density at radius 2 is 1.90 bits per heavy atom. The predicted molar refractivity (Wildman–Crippen MR) is 84.4 cm³/mol. The summed E-state index contributed by atoms with van der Waals surface area (Å²) >= 11 is 3.36. The normalized spacial score (nSPS) is 11.8. The summed E-state index contributed by atoms with van der Waals surface area (Å²) < 4.78 is 20.2. The van der Waals surface area contributed by atoms with Crippen molar-refractivity contribution in [2.24, 2.45) is 0 Å². The molecule has 2 aromatic carbocycles. The Kier molecular flexibility index (Phi) is 4.96. The summed E-state index contributed by atoms with van der Waals surface area (Å²) in [5, 5.41) is 0. The lowest BCUT2D eigenvalue weighted by molar-refractivity contribution is -0.123. The molecule has 0 aromatic heterocycles. The first-order valence-electron chi connectivity index (χ1n) is 6.34. The van der Waals surface area contributed by atoms with Crippen molar-refractivity contribution in [2.45, 2.75) is 6.17 Å². The van der Waals surface area contributed by atoms with Crippen molar-refractivity contribution in [1.82, 2.24) is 0 Å². The molecule has 2 aromatic rings. The van der Waals surface area contributed by atoms with Gasteiger partial charge in [0.1, 0.15) is 5.75 Å². The average Bonchev–Trinajstić information content (AvgIpc) is 2.54. The molecular formula is C16H15BrFNO2. The number of likely N-dealkylation sites (N-methyl/N-ethyl adjacent to an activating group) is 1. The Morgan fingerprint density at radius 3 is 2.52 bits per heavy atom. The second-order valence-electron chi connectivity index (χ2n) is 4.49. The lowest BCUT2D eigenvalue weighted by Gasteiger charge is -2.21. The van der Waals surface area contributed by atoms with Crippen LogP contribution in [-0.4, -0.2) is 20.1 Å². The Labute approximate surface area is 131 Å². The molecule has 0 aliphatic carbocycles. The number of amides is 1. The summed E-state index contributed by atoms with van der Waals surface area (Å²) in [7, 11) is 3.08. The Hall–Kier alpha value is -1.88. The summed E-state index contributed by atoms with van der Waals surface area (Å²) in [5.41, 5.74) is 0.895. The number of rotatable bonds is 4. The first-order chi connectivity index (χ1) is 10.0. The van der Waals surface area contributed by atoms with E-state index >= 15 is 0 Å². The number of anilines is 1. The Balaban J connectivity index is 2.27. The molecule has 0 spiro atoms. The van der Waals surface area contributed by atoms with Crippen molar-refractivity contribution in [3.05, 3.63) is 58.6 Å². The maximum atomic E-state index is 14.3. The number of carbonyl (C=O) groups excluding carboxylic acids is 1. The number of nitrogens with zero attached hydrogens (tertiary/aromatic N) is 1. The molecular weight excluding hydrogens is 337 g/mol. The van der Waals surface area contributed by atoms with Gasteiger partial charge in [0.15, 0.2) is 0 Å². The van der Waals surface area contributed by atoms with E-state index in [1.165, 1.54) is 19.1 Å². The maximum Gasteiger partial charge on any atom is 0.265 e. The molecule has 1 atom stereocenters. The van der Waals surface area contributed by atoms with Crippen LogP contribution in [0.2, 0.25) is 0 Å². The number of hydrogen-bond donors (Lipinski definition) is 0. The zero-order valence-electron chi connectivity index (χ0n) is 11.7. The topological polar surface area (TPSA) is 29.5 Å². The van der Waals surface area contributed by atoms with Gasteiger partial charge in [0.2, 0.25) is 6.17 Å². The van der Waals surface area contributed by atoms with Gasteiger partial charge in [0, 0.05) is 17.6 Å². The minimum atomic E-state index is -1.70. The van der Waals surface area contributed by atoms with E-state index in [1.807, 2.05) is 0 Å². The molecule has 0 N–H and O–H groups in total. The third-order valence-electron chi connectivity index (χ3n) is 3.15. The molecule has 110 valence electrons. The lowest BCUT2D eigenvalue weighted by Crippen LogP contribution is -2.30. The van der Waals surface area contributed by atoms with Crippen LogP contribution in [0.3, 0.4) is 0 Å². The van der Waals surface area contributed by atoms with Crippen LogP contribution in [0.25, 0.3) is 0 Å². The van der Waals surface area contributed by atoms with Crippen LogP contribution in [0.15, 0.2) is 53.0 Å². The quantitative estimate of drug-likeness (QED) is 0.828. The highest BCUT2D eigenvalue weighted by molar-refractivity contribution is 9.10. The third kappa shape index (κ3) is 3.42. The Bertz CT molecular complexity index is 633. The number of ether oxygens (including phenoxy) is 1. The minimum absolute atomic E-state index is 0.341. The fourth-order valence-electron chi connectivity index (χ4n) is 1.93. The molecule has 0 heterocycles. The molecule has 0 radical (unpaired) electrons. The molecule has 0 fully saturated rings. The van der Waals surface area contributed by atoms with Gasteiger partial charge in [-0.3, -0.25) is 4.79 Å². The highest BCUT2D eigenvalue weighted by Gasteiger charge is 2.25. The van der Waals surface area contributed by atoms with E-state index < -0.39 is 12.1 Å². The van der Waals surface area contributed by atoms with Crippen LogP contribution in [0, 0.1) is 0 Å². The number of benzene rings is 2. The van der Waals surface area contributed by atoms with Gasteiger partial charge in [-0.25, -0.2) is 4.39 Å². The summed E-state index contributed by atoms with van der Waals surface area (Å²) in [6, 6.07) is 13.6. The molecule has 0 saturated heterocycles. The third-order valence-corrected chi connectivity index (χ3v) is 3.82. The van der Waals surface area contributed by atoms with Crippen LogP contribution >= 0.6 is 15.9 Å². The van der Waals surface area contributed by atoms with E-state index in [1.54, 1.807) is 48.5 Å². The standard InChI is InChI=1S/C16H15BrFNO2/c1-19(14-10-12(21-2)8-9-13(14)17)16(20)15(18)11-6-4-3-5-7-11/h3-10,15H,1-2H3. The van der Waals surface area contributed by atoms with Crippen LogP contribution in [0.1, 0.15) is 11.7 Å². The summed E-state index contributed by atoms with van der Waals surface area (Å²) in [4.78, 5) is 13.6. The molecule has 5 heteroatoms. The van der Waals surface area contributed by atoms with E-state index in [0.29, 0.717) is 21.5 Å². The van der Waals surface area contributed by atoms with Crippen molar-refractivity contribution in [3.63, 3.8) is 0 Å². The van der Waals surface area contributed by atoms with Gasteiger partial charge in [-0.1, -0.05) is 30.3 Å². The van der Waals surface area contributed by atoms with E-state index in [0.717, 1.165) is 0 Å². The number of hydrogen-bond acceptors (Lipinski definition) is 2. The number of alkyl halides is 1. The second-order valence-corrected chi connectivity index (χ2v) is 5.34. The fraction of sp³-hybridized carbons (Fsp3) is 0.188. The van der Waals surface area contributed by atoms with Crippen molar-refractivity contribution in [3.8, 4) is 5.75 Å². The smallest absolute Gasteiger partial charge is 0.265 e. The first-order valence-corrected chi connectivity index (χ1v) is 7.14. The van der Waals surface area contributed by atoms with E-state index in [2.05, 4.69) is 15.9 Å². The van der Waals surface area contributed by atoms with Crippen molar-refractivity contribution in [1.29, 1.82) is 0 Å². The van der Waals surface area contributed by atoms with Crippen LogP contribution in [0.4, 0.5) is 10.1 Å². The molecule has 21 heavy (non-hydrogen) atoms. The zero-order valence-corrected chi connectivity index (χ0v) is 13.3. The van der Waals surface area contributed by atoms with Crippen molar-refractivity contribution < 1.29 is 13.9 Å². The fourth-order valence-corrected chi connectivity index (χ4v) is 2.44. The summed E-state index contributed by atoms with van der Waals surface area (Å²) in [6.45, 7) is 0. The first kappa shape index (κ1) is 15.5. The van der Waals surface area contributed by atoms with Gasteiger partial charge in [-0.15, -0.1) is 0 Å². The SMILES string of the molecule is COc1ccc(Br)c(N(C)C(=O)C(F)c2ccccc2)c1. The Morgan fingerprint density at radius 1 is 1.24 bits per heavy atom. The monoisotopic (exact) mass is 351 g/mol.